The topological polar surface area (TPSA) is 84.6 Å². The van der Waals surface area contributed by atoms with Gasteiger partial charge in [0.15, 0.2) is 11.8 Å². The van der Waals surface area contributed by atoms with Gasteiger partial charge in [0.1, 0.15) is 6.10 Å². The molecule has 0 aliphatic carbocycles. The first-order valence-electron chi connectivity index (χ1n) is 8.06. The van der Waals surface area contributed by atoms with E-state index >= 15 is 0 Å². The Labute approximate surface area is 146 Å². The lowest BCUT2D eigenvalue weighted by atomic mass is 10.1. The van der Waals surface area contributed by atoms with Crippen LogP contribution < -0.4 is 10.6 Å². The Balaban J connectivity index is 1.79. The minimum atomic E-state index is -0.170. The molecule has 24 heavy (non-hydrogen) atoms. The highest BCUT2D eigenvalue weighted by Gasteiger charge is 2.14. The summed E-state index contributed by atoms with van der Waals surface area (Å²) in [4.78, 5) is 9.89. The Bertz CT molecular complexity index is 626. The van der Waals surface area contributed by atoms with Gasteiger partial charge in [0.2, 0.25) is 5.89 Å². The van der Waals surface area contributed by atoms with Crippen LogP contribution in [0.3, 0.4) is 0 Å². The van der Waals surface area contributed by atoms with Crippen molar-refractivity contribution in [2.75, 3.05) is 20.2 Å². The molecule has 2 aromatic heterocycles. The third kappa shape index (κ3) is 5.31. The van der Waals surface area contributed by atoms with Gasteiger partial charge in [0.05, 0.1) is 6.54 Å². The van der Waals surface area contributed by atoms with Crippen molar-refractivity contribution < 1.29 is 9.26 Å². The lowest BCUT2D eigenvalue weighted by Crippen LogP contribution is -2.38. The van der Waals surface area contributed by atoms with Gasteiger partial charge in [0.25, 0.3) is 0 Å². The van der Waals surface area contributed by atoms with Gasteiger partial charge >= 0.3 is 0 Å². The summed E-state index contributed by atoms with van der Waals surface area (Å²) in [6.07, 6.45) is -0.170. The van der Waals surface area contributed by atoms with E-state index in [-0.39, 0.29) is 6.10 Å². The number of rotatable bonds is 8. The summed E-state index contributed by atoms with van der Waals surface area (Å²) >= 11 is 1.76. The van der Waals surface area contributed by atoms with Crippen LogP contribution in [0.4, 0.5) is 0 Å². The molecule has 0 amide bonds. The molecule has 7 nitrogen and oxygen atoms in total. The third-order valence-electron chi connectivity index (χ3n) is 3.50. The highest BCUT2D eigenvalue weighted by Crippen LogP contribution is 2.19. The molecule has 0 aromatic carbocycles. The van der Waals surface area contributed by atoms with Gasteiger partial charge in [-0.25, -0.2) is 0 Å². The maximum atomic E-state index is 5.45. The Hall–Kier alpha value is -1.93. The number of nitrogens with one attached hydrogen (secondary N) is 2. The van der Waals surface area contributed by atoms with Crippen LogP contribution in [-0.4, -0.2) is 36.3 Å². The fraction of sp³-hybridized carbons (Fsp3) is 0.562. The van der Waals surface area contributed by atoms with Crippen molar-refractivity contribution in [2.24, 2.45) is 4.99 Å². The summed E-state index contributed by atoms with van der Waals surface area (Å²) in [5.41, 5.74) is 0. The highest BCUT2D eigenvalue weighted by molar-refractivity contribution is 7.10. The van der Waals surface area contributed by atoms with Crippen LogP contribution in [0.15, 0.2) is 27.0 Å². The highest BCUT2D eigenvalue weighted by atomic mass is 32.1. The number of nitrogens with zero attached hydrogens (tertiary/aromatic N) is 3. The summed E-state index contributed by atoms with van der Waals surface area (Å²) in [6, 6.07) is 4.21. The van der Waals surface area contributed by atoms with Gasteiger partial charge in [-0.2, -0.15) is 4.98 Å². The molecular weight excluding hydrogens is 326 g/mol. The van der Waals surface area contributed by atoms with Crippen molar-refractivity contribution in [3.63, 3.8) is 0 Å². The molecular formula is C16H25N5O2S. The van der Waals surface area contributed by atoms with Crippen LogP contribution in [0.1, 0.15) is 49.4 Å². The monoisotopic (exact) mass is 351 g/mol. The summed E-state index contributed by atoms with van der Waals surface area (Å²) in [5, 5.41) is 12.5. The molecule has 2 atom stereocenters. The van der Waals surface area contributed by atoms with Crippen molar-refractivity contribution in [3.05, 3.63) is 34.1 Å². The number of aliphatic imine (C=N–C) groups is 1. The second-order valence-corrected chi connectivity index (χ2v) is 6.35. The third-order valence-corrected chi connectivity index (χ3v) is 4.60. The molecule has 8 heteroatoms. The number of guanidine groups is 1. The summed E-state index contributed by atoms with van der Waals surface area (Å²) in [5.74, 6) is 2.19. The summed E-state index contributed by atoms with van der Waals surface area (Å²) in [6.45, 7) is 7.85. The minimum absolute atomic E-state index is 0.170. The van der Waals surface area contributed by atoms with E-state index in [0.717, 1.165) is 6.54 Å². The van der Waals surface area contributed by atoms with E-state index in [1.807, 2.05) is 13.8 Å². The van der Waals surface area contributed by atoms with Crippen LogP contribution in [0.25, 0.3) is 0 Å². The number of hydrogen-bond acceptors (Lipinski definition) is 6. The first-order valence-corrected chi connectivity index (χ1v) is 8.94. The molecule has 0 saturated carbocycles. The van der Waals surface area contributed by atoms with E-state index in [4.69, 9.17) is 9.26 Å². The SMILES string of the molecule is CCOC(C)c1noc(CNC(=NC)NCC(C)c2cccs2)n1. The van der Waals surface area contributed by atoms with Crippen LogP contribution in [0.2, 0.25) is 0 Å². The number of thiophene rings is 1. The second kappa shape index (κ2) is 9.39. The van der Waals surface area contributed by atoms with Crippen LogP contribution >= 0.6 is 11.3 Å². The smallest absolute Gasteiger partial charge is 0.246 e. The molecule has 2 rings (SSSR count). The number of ether oxygens (including phenoxy) is 1. The lowest BCUT2D eigenvalue weighted by molar-refractivity contribution is 0.0683. The first kappa shape index (κ1) is 18.4. The molecule has 0 aliphatic heterocycles. The zero-order valence-corrected chi connectivity index (χ0v) is 15.4. The van der Waals surface area contributed by atoms with Crippen molar-refractivity contribution in [1.29, 1.82) is 0 Å². The zero-order chi connectivity index (χ0) is 17.4. The average molecular weight is 351 g/mol. The molecule has 2 N–H and O–H groups in total. The van der Waals surface area contributed by atoms with Crippen molar-refractivity contribution in [3.8, 4) is 0 Å². The Morgan fingerprint density at radius 3 is 2.92 bits per heavy atom. The van der Waals surface area contributed by atoms with E-state index in [9.17, 15) is 0 Å². The zero-order valence-electron chi connectivity index (χ0n) is 14.6. The molecule has 0 aliphatic rings. The van der Waals surface area contributed by atoms with E-state index < -0.39 is 0 Å². The van der Waals surface area contributed by atoms with Crippen LogP contribution in [0, 0.1) is 0 Å². The van der Waals surface area contributed by atoms with Gasteiger partial charge in [-0.3, -0.25) is 4.99 Å². The normalized spacial score (nSPS) is 14.4. The summed E-state index contributed by atoms with van der Waals surface area (Å²) < 4.78 is 10.7. The molecule has 0 fully saturated rings. The lowest BCUT2D eigenvalue weighted by Gasteiger charge is -2.14. The molecule has 132 valence electrons. The summed E-state index contributed by atoms with van der Waals surface area (Å²) in [7, 11) is 1.74. The number of aromatic nitrogens is 2. The van der Waals surface area contributed by atoms with Crippen LogP contribution in [0.5, 0.6) is 0 Å². The van der Waals surface area contributed by atoms with Gasteiger partial charge in [-0.1, -0.05) is 18.1 Å². The van der Waals surface area contributed by atoms with Gasteiger partial charge < -0.3 is 19.9 Å². The maximum Gasteiger partial charge on any atom is 0.246 e. The fourth-order valence-electron chi connectivity index (χ4n) is 2.13. The van der Waals surface area contributed by atoms with E-state index in [0.29, 0.717) is 36.7 Å². The van der Waals surface area contributed by atoms with E-state index in [1.165, 1.54) is 4.88 Å². The average Bonchev–Trinajstić information content (AvgIpc) is 3.27. The quantitative estimate of drug-likeness (QED) is 0.562. The molecule has 0 saturated heterocycles. The maximum absolute atomic E-state index is 5.45. The second-order valence-electron chi connectivity index (χ2n) is 5.37. The molecule has 0 radical (unpaired) electrons. The number of hydrogen-bond donors (Lipinski definition) is 2. The largest absolute Gasteiger partial charge is 0.371 e. The molecule has 0 spiro atoms. The standard InChI is InChI=1S/C16H25N5O2S/c1-5-22-12(3)15-20-14(23-21-15)10-19-16(17-4)18-9-11(2)13-7-6-8-24-13/h6-8,11-12H,5,9-10H2,1-4H3,(H2,17,18,19). The molecule has 0 bridgehead atoms. The first-order chi connectivity index (χ1) is 11.6. The minimum Gasteiger partial charge on any atom is -0.371 e. The van der Waals surface area contributed by atoms with Gasteiger partial charge in [-0.15, -0.1) is 11.3 Å². The Morgan fingerprint density at radius 1 is 1.42 bits per heavy atom. The predicted molar refractivity (Wildman–Crippen MR) is 95.3 cm³/mol. The van der Waals surface area contributed by atoms with Crippen LogP contribution in [-0.2, 0) is 11.3 Å². The molecule has 2 unspecified atom stereocenters. The Kier molecular flexibility index (Phi) is 7.20. The fourth-order valence-corrected chi connectivity index (χ4v) is 2.92. The van der Waals surface area contributed by atoms with E-state index in [1.54, 1.807) is 18.4 Å². The van der Waals surface area contributed by atoms with Crippen molar-refractivity contribution in [1.82, 2.24) is 20.8 Å². The Morgan fingerprint density at radius 2 is 2.25 bits per heavy atom. The van der Waals surface area contributed by atoms with Gasteiger partial charge in [0, 0.05) is 31.0 Å². The van der Waals surface area contributed by atoms with Crippen molar-refractivity contribution in [2.45, 2.75) is 39.3 Å². The van der Waals surface area contributed by atoms with Gasteiger partial charge in [-0.05, 0) is 25.3 Å². The molecule has 2 aromatic rings. The van der Waals surface area contributed by atoms with Crippen molar-refractivity contribution >= 4 is 17.3 Å². The predicted octanol–water partition coefficient (Wildman–Crippen LogP) is 2.70. The van der Waals surface area contributed by atoms with E-state index in [2.05, 4.69) is 50.2 Å². The molecule has 2 heterocycles.